The molecule has 3 rings (SSSR count). The van der Waals surface area contributed by atoms with Gasteiger partial charge in [-0.15, -0.1) is 0 Å². The fourth-order valence-corrected chi connectivity index (χ4v) is 5.46. The van der Waals surface area contributed by atoms with Gasteiger partial charge in [0.15, 0.2) is 0 Å². The fraction of sp³-hybridized carbons (Fsp3) is 0.615. The molecule has 1 aliphatic carbocycles. The van der Waals surface area contributed by atoms with Crippen LogP contribution in [0.4, 0.5) is 0 Å². The van der Waals surface area contributed by atoms with Crippen LogP contribution in [0.25, 0.3) is 0 Å². The Morgan fingerprint density at radius 1 is 1.42 bits per heavy atom. The molecule has 33 heavy (non-hydrogen) atoms. The van der Waals surface area contributed by atoms with Crippen molar-refractivity contribution in [3.8, 4) is 0 Å². The van der Waals surface area contributed by atoms with E-state index >= 15 is 0 Å². The van der Waals surface area contributed by atoms with Crippen molar-refractivity contribution in [1.82, 2.24) is 15.5 Å². The van der Waals surface area contributed by atoms with Gasteiger partial charge in [0.05, 0.1) is 29.6 Å². The maximum atomic E-state index is 13.4. The quantitative estimate of drug-likeness (QED) is 0.356. The summed E-state index contributed by atoms with van der Waals surface area (Å²) in [6.45, 7) is 13.2. The third kappa shape index (κ3) is 4.80. The summed E-state index contributed by atoms with van der Waals surface area (Å²) in [5, 5.41) is 17.7. The molecule has 182 valence electrons. The SMILES string of the molecule is C=CNCC(N=C(N)CC)C1(C)C(O)C(NC(=O)c2cccc3c2CCCC3(C)C)CN1C. The zero-order chi connectivity index (χ0) is 24.4. The lowest BCUT2D eigenvalue weighted by molar-refractivity contribution is 0.0273. The van der Waals surface area contributed by atoms with Gasteiger partial charge in [0.2, 0.25) is 0 Å². The van der Waals surface area contributed by atoms with Crippen LogP contribution < -0.4 is 16.4 Å². The molecule has 7 heteroatoms. The highest BCUT2D eigenvalue weighted by Crippen LogP contribution is 2.38. The van der Waals surface area contributed by atoms with Gasteiger partial charge < -0.3 is 21.5 Å². The molecule has 0 spiro atoms. The van der Waals surface area contributed by atoms with Crippen LogP contribution in [0.15, 0.2) is 36.0 Å². The minimum atomic E-state index is -0.813. The second-order valence-corrected chi connectivity index (χ2v) is 10.3. The smallest absolute Gasteiger partial charge is 0.251 e. The molecule has 0 saturated carbocycles. The first-order valence-electron chi connectivity index (χ1n) is 12.0. The predicted octanol–water partition coefficient (Wildman–Crippen LogP) is 2.33. The topological polar surface area (TPSA) is 103 Å². The number of hydrogen-bond donors (Lipinski definition) is 4. The van der Waals surface area contributed by atoms with Crippen LogP contribution >= 0.6 is 0 Å². The summed E-state index contributed by atoms with van der Waals surface area (Å²) in [7, 11) is 1.96. The van der Waals surface area contributed by atoms with E-state index in [-0.39, 0.29) is 17.4 Å². The number of aliphatic hydroxyl groups is 1. The summed E-state index contributed by atoms with van der Waals surface area (Å²) in [5.74, 6) is 0.419. The van der Waals surface area contributed by atoms with Gasteiger partial charge in [-0.25, -0.2) is 0 Å². The number of likely N-dealkylation sites (N-methyl/N-ethyl adjacent to an activating group) is 1. The number of aliphatic hydroxyl groups excluding tert-OH is 1. The average Bonchev–Trinajstić information content (AvgIpc) is 2.99. The number of nitrogens with zero attached hydrogens (tertiary/aromatic N) is 2. The van der Waals surface area contributed by atoms with Crippen LogP contribution in [0.1, 0.15) is 68.4 Å². The number of fused-ring (bicyclic) bond motifs is 1. The molecule has 2 aliphatic rings. The second kappa shape index (κ2) is 9.85. The van der Waals surface area contributed by atoms with E-state index in [4.69, 9.17) is 10.7 Å². The number of amidine groups is 1. The number of hydrogen-bond acceptors (Lipinski definition) is 5. The maximum absolute atomic E-state index is 13.4. The van der Waals surface area contributed by atoms with Crippen molar-refractivity contribution in [2.24, 2.45) is 10.7 Å². The zero-order valence-electron chi connectivity index (χ0n) is 20.8. The number of rotatable bonds is 8. The Bertz CT molecular complexity index is 912. The molecule has 1 saturated heterocycles. The van der Waals surface area contributed by atoms with Crippen LogP contribution in [0, 0.1) is 0 Å². The monoisotopic (exact) mass is 455 g/mol. The van der Waals surface area contributed by atoms with Gasteiger partial charge in [0.25, 0.3) is 5.91 Å². The highest BCUT2D eigenvalue weighted by Gasteiger charge is 2.53. The summed E-state index contributed by atoms with van der Waals surface area (Å²) in [4.78, 5) is 20.2. The van der Waals surface area contributed by atoms with Gasteiger partial charge in [0.1, 0.15) is 0 Å². The van der Waals surface area contributed by atoms with E-state index in [1.54, 1.807) is 6.20 Å². The Labute approximate surface area is 198 Å². The van der Waals surface area contributed by atoms with Crippen molar-refractivity contribution < 1.29 is 9.90 Å². The third-order valence-corrected chi connectivity index (χ3v) is 7.78. The minimum absolute atomic E-state index is 0.0676. The highest BCUT2D eigenvalue weighted by molar-refractivity contribution is 5.96. The normalized spacial score (nSPS) is 28.1. The predicted molar refractivity (Wildman–Crippen MR) is 135 cm³/mol. The first-order chi connectivity index (χ1) is 15.6. The zero-order valence-corrected chi connectivity index (χ0v) is 20.8. The molecule has 1 fully saturated rings. The van der Waals surface area contributed by atoms with Crippen molar-refractivity contribution in [3.05, 3.63) is 47.7 Å². The van der Waals surface area contributed by atoms with Crippen molar-refractivity contribution in [2.75, 3.05) is 20.1 Å². The molecule has 5 N–H and O–H groups in total. The molecule has 1 aliphatic heterocycles. The Morgan fingerprint density at radius 2 is 2.15 bits per heavy atom. The largest absolute Gasteiger partial charge is 0.389 e. The Balaban J connectivity index is 1.85. The van der Waals surface area contributed by atoms with E-state index in [9.17, 15) is 9.90 Å². The molecule has 1 aromatic rings. The summed E-state index contributed by atoms with van der Waals surface area (Å²) in [6.07, 6.45) is 4.55. The summed E-state index contributed by atoms with van der Waals surface area (Å²) in [5.41, 5.74) is 8.56. The summed E-state index contributed by atoms with van der Waals surface area (Å²) >= 11 is 0. The maximum Gasteiger partial charge on any atom is 0.251 e. The van der Waals surface area contributed by atoms with Crippen LogP contribution in [-0.2, 0) is 11.8 Å². The van der Waals surface area contributed by atoms with E-state index in [2.05, 4.69) is 42.0 Å². The minimum Gasteiger partial charge on any atom is -0.389 e. The Kier molecular flexibility index (Phi) is 7.54. The first kappa shape index (κ1) is 25.2. The highest BCUT2D eigenvalue weighted by atomic mass is 16.3. The lowest BCUT2D eigenvalue weighted by Gasteiger charge is -2.40. The van der Waals surface area contributed by atoms with Gasteiger partial charge in [0, 0.05) is 25.1 Å². The third-order valence-electron chi connectivity index (χ3n) is 7.78. The van der Waals surface area contributed by atoms with E-state index in [0.29, 0.717) is 25.3 Å². The standard InChI is InChI=1S/C26H41N5O2/c1-7-22(27)30-21(15-28-8-2)26(5)23(32)20(16-31(26)6)29-24(33)18-11-9-13-19-17(18)12-10-14-25(19,3)4/h8-9,11,13,20-21,23,28,32H,2,7,10,12,14-16H2,1,3-6H3,(H2,27,30)(H,29,33). The number of benzene rings is 1. The lowest BCUT2D eigenvalue weighted by atomic mass is 9.71. The average molecular weight is 456 g/mol. The molecule has 1 heterocycles. The summed E-state index contributed by atoms with van der Waals surface area (Å²) in [6, 6.07) is 5.31. The first-order valence-corrected chi connectivity index (χ1v) is 12.0. The summed E-state index contributed by atoms with van der Waals surface area (Å²) < 4.78 is 0. The van der Waals surface area contributed by atoms with E-state index in [1.807, 2.05) is 33.0 Å². The van der Waals surface area contributed by atoms with Crippen LogP contribution in [0.5, 0.6) is 0 Å². The van der Waals surface area contributed by atoms with E-state index in [0.717, 1.165) is 30.4 Å². The van der Waals surface area contributed by atoms with Gasteiger partial charge in [-0.05, 0) is 62.0 Å². The molecule has 7 nitrogen and oxygen atoms in total. The molecule has 0 aromatic heterocycles. The number of nitrogens with two attached hydrogens (primary N) is 1. The molecule has 0 radical (unpaired) electrons. The van der Waals surface area contributed by atoms with Crippen LogP contribution in [0.3, 0.4) is 0 Å². The Morgan fingerprint density at radius 3 is 2.82 bits per heavy atom. The molecular formula is C26H41N5O2. The molecular weight excluding hydrogens is 414 g/mol. The number of aliphatic imine (C=N–C) groups is 1. The molecule has 1 aromatic carbocycles. The Hall–Kier alpha value is -2.38. The second-order valence-electron chi connectivity index (χ2n) is 10.3. The van der Waals surface area contributed by atoms with Gasteiger partial charge in [-0.1, -0.05) is 39.5 Å². The van der Waals surface area contributed by atoms with Crippen LogP contribution in [0.2, 0.25) is 0 Å². The van der Waals surface area contributed by atoms with Gasteiger partial charge in [-0.2, -0.15) is 0 Å². The number of nitrogens with one attached hydrogen (secondary N) is 2. The van der Waals surface area contributed by atoms with Gasteiger partial charge >= 0.3 is 0 Å². The van der Waals surface area contributed by atoms with Crippen molar-refractivity contribution in [3.63, 3.8) is 0 Å². The molecule has 4 atom stereocenters. The molecule has 1 amide bonds. The van der Waals surface area contributed by atoms with Crippen molar-refractivity contribution in [1.29, 1.82) is 0 Å². The number of likely N-dealkylation sites (tertiary alicyclic amines) is 1. The van der Waals surface area contributed by atoms with Crippen LogP contribution in [-0.4, -0.2) is 65.6 Å². The van der Waals surface area contributed by atoms with E-state index in [1.165, 1.54) is 5.56 Å². The molecule has 0 bridgehead atoms. The number of carbonyl (C=O) groups excluding carboxylic acids is 1. The lowest BCUT2D eigenvalue weighted by Crippen LogP contribution is -2.59. The fourth-order valence-electron chi connectivity index (χ4n) is 5.46. The number of amides is 1. The van der Waals surface area contributed by atoms with Crippen molar-refractivity contribution >= 4 is 11.7 Å². The van der Waals surface area contributed by atoms with Crippen molar-refractivity contribution in [2.45, 2.75) is 82.5 Å². The molecule has 4 unspecified atom stereocenters. The number of carbonyl (C=O) groups is 1. The van der Waals surface area contributed by atoms with E-state index < -0.39 is 17.7 Å². The van der Waals surface area contributed by atoms with Gasteiger partial charge in [-0.3, -0.25) is 14.7 Å².